The number of hydrogen-bond acceptors (Lipinski definition) is 12. The van der Waals surface area contributed by atoms with Crippen molar-refractivity contribution in [2.75, 3.05) is 39.9 Å². The molecule has 2 saturated heterocycles. The van der Waals surface area contributed by atoms with Gasteiger partial charge in [-0.05, 0) is 18.4 Å². The molecule has 2 aliphatic heterocycles. The Morgan fingerprint density at radius 2 is 1.69 bits per heavy atom. The van der Waals surface area contributed by atoms with E-state index in [-0.39, 0.29) is 58.8 Å². The molecule has 0 saturated carbocycles. The molecule has 49 heavy (non-hydrogen) atoms. The highest BCUT2D eigenvalue weighted by atomic mass is 16.7. The smallest absolute Gasteiger partial charge is 0.223 e. The third-order valence-electron chi connectivity index (χ3n) is 10.2. The van der Waals surface area contributed by atoms with Crippen molar-refractivity contribution in [1.29, 1.82) is 0 Å². The molecular formula is C36H44N2O11. The predicted octanol–water partition coefficient (Wildman–Crippen LogP) is 2.26. The van der Waals surface area contributed by atoms with E-state index >= 15 is 0 Å². The average molecular weight is 681 g/mol. The van der Waals surface area contributed by atoms with Gasteiger partial charge in [-0.15, -0.1) is 0 Å². The number of aliphatic hydroxyl groups is 2. The van der Waals surface area contributed by atoms with Gasteiger partial charge in [-0.25, -0.2) is 0 Å². The summed E-state index contributed by atoms with van der Waals surface area (Å²) in [5.41, 5.74) is -3.19. The zero-order chi connectivity index (χ0) is 35.6. The summed E-state index contributed by atoms with van der Waals surface area (Å²) in [7, 11) is 1.35. The summed E-state index contributed by atoms with van der Waals surface area (Å²) in [5, 5.41) is 45.7. The van der Waals surface area contributed by atoms with E-state index in [1.54, 1.807) is 0 Å². The summed E-state index contributed by atoms with van der Waals surface area (Å²) in [4.78, 5) is 57.1. The fourth-order valence-corrected chi connectivity index (χ4v) is 7.58. The number of ether oxygens (including phenoxy) is 3. The van der Waals surface area contributed by atoms with Gasteiger partial charge >= 0.3 is 0 Å². The molecule has 2 heterocycles. The number of aliphatic hydroxyl groups excluding tert-OH is 1. The number of ketones is 3. The number of carbonyl (C=O) groups excluding carboxylic acids is 4. The van der Waals surface area contributed by atoms with Crippen LogP contribution in [0.1, 0.15) is 96.0 Å². The first-order chi connectivity index (χ1) is 23.0. The molecular weight excluding hydrogens is 636 g/mol. The Labute approximate surface area is 284 Å². The number of nitrogens with zero attached hydrogens (tertiary/aromatic N) is 2. The number of fused-ring (bicyclic) bond motifs is 3. The summed E-state index contributed by atoms with van der Waals surface area (Å²) >= 11 is 0. The van der Waals surface area contributed by atoms with Gasteiger partial charge < -0.3 is 39.5 Å². The van der Waals surface area contributed by atoms with Crippen LogP contribution < -0.4 is 4.74 Å². The lowest BCUT2D eigenvalue weighted by Crippen LogP contribution is -2.58. The zero-order valence-corrected chi connectivity index (χ0v) is 28.4. The maximum atomic E-state index is 13.9. The van der Waals surface area contributed by atoms with Gasteiger partial charge in [0.15, 0.2) is 17.9 Å². The Balaban J connectivity index is 1.30. The van der Waals surface area contributed by atoms with E-state index in [1.807, 2.05) is 25.7 Å². The molecule has 4 N–H and O–H groups in total. The topological polar surface area (TPSA) is 183 Å². The first-order valence-corrected chi connectivity index (χ1v) is 16.6. The number of Topliss-reactive ketones (excluding diaryl/α,β-unsaturated/α-hetero) is 1. The summed E-state index contributed by atoms with van der Waals surface area (Å²) in [6.07, 6.45) is -3.22. The molecule has 0 aromatic heterocycles. The van der Waals surface area contributed by atoms with E-state index in [1.165, 1.54) is 32.2 Å². The van der Waals surface area contributed by atoms with Crippen molar-refractivity contribution < 1.29 is 53.8 Å². The Kier molecular flexibility index (Phi) is 9.12. The molecule has 2 unspecified atom stereocenters. The van der Waals surface area contributed by atoms with Crippen LogP contribution in [0.25, 0.3) is 0 Å². The number of aromatic hydroxyl groups is 2. The van der Waals surface area contributed by atoms with Crippen molar-refractivity contribution in [3.05, 3.63) is 51.6 Å². The summed E-state index contributed by atoms with van der Waals surface area (Å²) in [5.74, 6) is -3.09. The Morgan fingerprint density at radius 3 is 2.33 bits per heavy atom. The van der Waals surface area contributed by atoms with Crippen LogP contribution in [-0.2, 0) is 25.5 Å². The monoisotopic (exact) mass is 680 g/mol. The quantitative estimate of drug-likeness (QED) is 0.279. The van der Waals surface area contributed by atoms with Gasteiger partial charge in [-0.2, -0.15) is 0 Å². The minimum Gasteiger partial charge on any atom is -0.507 e. The molecule has 0 spiro atoms. The summed E-state index contributed by atoms with van der Waals surface area (Å²) in [6, 6.07) is 4.06. The molecule has 6 rings (SSSR count). The molecule has 0 bridgehead atoms. The van der Waals surface area contributed by atoms with E-state index in [2.05, 4.69) is 4.90 Å². The molecule has 264 valence electrons. The van der Waals surface area contributed by atoms with Gasteiger partial charge in [0, 0.05) is 74.6 Å². The minimum absolute atomic E-state index is 0.0171. The zero-order valence-electron chi connectivity index (χ0n) is 28.4. The van der Waals surface area contributed by atoms with Crippen LogP contribution in [0.15, 0.2) is 18.2 Å². The number of hydrogen-bond donors (Lipinski definition) is 4. The highest BCUT2D eigenvalue weighted by Gasteiger charge is 2.49. The summed E-state index contributed by atoms with van der Waals surface area (Å²) in [6.45, 7) is 9.24. The van der Waals surface area contributed by atoms with Gasteiger partial charge in [0.05, 0.1) is 42.6 Å². The van der Waals surface area contributed by atoms with Crippen LogP contribution in [0.5, 0.6) is 17.2 Å². The number of phenolic OH excluding ortho intramolecular Hbond substituents is 2. The molecule has 2 aromatic rings. The van der Waals surface area contributed by atoms with Crippen LogP contribution in [0, 0.1) is 5.41 Å². The normalized spacial score (nSPS) is 27.3. The largest absolute Gasteiger partial charge is 0.507 e. The van der Waals surface area contributed by atoms with Crippen molar-refractivity contribution in [2.45, 2.75) is 83.5 Å². The van der Waals surface area contributed by atoms with E-state index in [0.29, 0.717) is 32.6 Å². The molecule has 4 aliphatic rings. The number of amides is 1. The maximum Gasteiger partial charge on any atom is 0.223 e. The van der Waals surface area contributed by atoms with E-state index in [9.17, 15) is 39.6 Å². The van der Waals surface area contributed by atoms with Gasteiger partial charge in [0.2, 0.25) is 11.7 Å². The van der Waals surface area contributed by atoms with E-state index < -0.39 is 76.5 Å². The number of rotatable bonds is 6. The SMILES string of the molecule is COc1cccc2c1C(=O)c1c(O)c3c(c(O)c1C2=O)C[C@@](O)(C(C)=O)C[C@@H]3O[C@H]1CC(N2CCN(C(=O)CC(C)(C)C)CC2)C(O)CO1. The molecule has 0 radical (unpaired) electrons. The molecule has 13 nitrogen and oxygen atoms in total. The molecule has 13 heteroatoms. The number of carbonyl (C=O) groups is 4. The average Bonchev–Trinajstić information content (AvgIpc) is 3.04. The van der Waals surface area contributed by atoms with Crippen molar-refractivity contribution in [3.8, 4) is 17.2 Å². The lowest BCUT2D eigenvalue weighted by atomic mass is 9.72. The van der Waals surface area contributed by atoms with Gasteiger partial charge in [0.1, 0.15) is 22.8 Å². The van der Waals surface area contributed by atoms with Crippen molar-refractivity contribution >= 4 is 23.3 Å². The van der Waals surface area contributed by atoms with Crippen LogP contribution in [0.3, 0.4) is 0 Å². The second-order valence-corrected chi connectivity index (χ2v) is 14.8. The van der Waals surface area contributed by atoms with Gasteiger partial charge in [0.25, 0.3) is 0 Å². The standard InChI is InChI=1S/C36H44N2O11/c1-18(39)36(46)14-20-28(34(45)30-29(32(20)43)31(42)19-7-6-8-23(47-5)27(19)33(30)44)24(15-36)49-26-13-21(22(40)17-48-26)37-9-11-38(12-10-37)25(41)16-35(2,3)4/h6-8,21-22,24,26,40,43,45-46H,9-17H2,1-5H3/t21?,22?,24-,26-,36-/m0/s1. The van der Waals surface area contributed by atoms with Gasteiger partial charge in [-0.1, -0.05) is 32.9 Å². The van der Waals surface area contributed by atoms with E-state index in [4.69, 9.17) is 14.2 Å². The Morgan fingerprint density at radius 1 is 1.02 bits per heavy atom. The van der Waals surface area contributed by atoms with E-state index in [0.717, 1.165) is 0 Å². The second kappa shape index (κ2) is 12.8. The first-order valence-electron chi connectivity index (χ1n) is 16.6. The fourth-order valence-electron chi connectivity index (χ4n) is 7.58. The minimum atomic E-state index is -2.03. The molecule has 2 aromatic carbocycles. The second-order valence-electron chi connectivity index (χ2n) is 14.8. The lowest BCUT2D eigenvalue weighted by Gasteiger charge is -2.45. The van der Waals surface area contributed by atoms with Crippen molar-refractivity contribution in [3.63, 3.8) is 0 Å². The Hall–Kier alpha value is -3.88. The molecule has 5 atom stereocenters. The fraction of sp³-hybridized carbons (Fsp3) is 0.556. The molecule has 2 aliphatic carbocycles. The number of methoxy groups -OCH3 is 1. The number of phenols is 2. The lowest BCUT2D eigenvalue weighted by molar-refractivity contribution is -0.235. The maximum absolute atomic E-state index is 13.9. The summed E-state index contributed by atoms with van der Waals surface area (Å²) < 4.78 is 17.6. The third kappa shape index (κ3) is 6.23. The highest BCUT2D eigenvalue weighted by molar-refractivity contribution is 6.31. The number of benzene rings is 2. The Bertz CT molecular complexity index is 1710. The van der Waals surface area contributed by atoms with Crippen LogP contribution >= 0.6 is 0 Å². The van der Waals surface area contributed by atoms with Gasteiger partial charge in [-0.3, -0.25) is 24.1 Å². The van der Waals surface area contributed by atoms with Crippen molar-refractivity contribution in [2.24, 2.45) is 5.41 Å². The van der Waals surface area contributed by atoms with Crippen LogP contribution in [-0.4, -0.2) is 117 Å². The number of piperazine rings is 1. The third-order valence-corrected chi connectivity index (χ3v) is 10.2. The molecule has 2 fully saturated rings. The van der Waals surface area contributed by atoms with Crippen molar-refractivity contribution in [1.82, 2.24) is 9.80 Å². The highest BCUT2D eigenvalue weighted by Crippen LogP contribution is 2.52. The predicted molar refractivity (Wildman–Crippen MR) is 174 cm³/mol. The van der Waals surface area contributed by atoms with Crippen LogP contribution in [0.2, 0.25) is 0 Å². The molecule has 1 amide bonds. The van der Waals surface area contributed by atoms with Crippen LogP contribution in [0.4, 0.5) is 0 Å². The first kappa shape index (κ1) is 35.0.